The van der Waals surface area contributed by atoms with Crippen LogP contribution in [-0.2, 0) is 6.42 Å². The molecule has 0 radical (unpaired) electrons. The van der Waals surface area contributed by atoms with E-state index < -0.39 is 12.1 Å². The first-order chi connectivity index (χ1) is 10.5. The molecule has 0 bridgehead atoms. The van der Waals surface area contributed by atoms with Crippen molar-refractivity contribution in [2.24, 2.45) is 10.7 Å². The van der Waals surface area contributed by atoms with Crippen LogP contribution in [0, 0.1) is 0 Å². The summed E-state index contributed by atoms with van der Waals surface area (Å²) in [5.74, 6) is -0.306. The monoisotopic (exact) mass is 313 g/mol. The molecule has 0 spiro atoms. The number of aliphatic hydroxyl groups excluding tert-OH is 1. The Labute approximate surface area is 131 Å². The van der Waals surface area contributed by atoms with E-state index in [4.69, 9.17) is 15.3 Å². The second-order valence-electron chi connectivity index (χ2n) is 4.34. The summed E-state index contributed by atoms with van der Waals surface area (Å²) in [6, 6.07) is 0.0360. The van der Waals surface area contributed by atoms with Crippen LogP contribution in [0.25, 0.3) is 0 Å². The van der Waals surface area contributed by atoms with Crippen molar-refractivity contribution in [3.63, 3.8) is 0 Å². The second kappa shape index (κ2) is 10.8. The number of hydrogen-bond acceptors (Lipinski definition) is 6. The fourth-order valence-electron chi connectivity index (χ4n) is 1.95. The van der Waals surface area contributed by atoms with Gasteiger partial charge in [0.2, 0.25) is 0 Å². The van der Waals surface area contributed by atoms with E-state index in [2.05, 4.69) is 9.98 Å². The Bertz CT molecular complexity index is 471. The maximum Gasteiger partial charge on any atom is 0.357 e. The Balaban J connectivity index is 0.00000102. The Morgan fingerprint density at radius 1 is 1.45 bits per heavy atom. The summed E-state index contributed by atoms with van der Waals surface area (Å²) < 4.78 is 4.97. The number of carboxylic acid groups (broad SMARTS) is 1. The molecular weight excluding hydrogens is 286 g/mol. The molecule has 4 N–H and O–H groups in total. The molecule has 0 fully saturated rings. The number of aromatic nitrogens is 1. The van der Waals surface area contributed by atoms with Crippen LogP contribution in [0.1, 0.15) is 63.3 Å². The lowest BCUT2D eigenvalue weighted by atomic mass is 10.1. The van der Waals surface area contributed by atoms with Gasteiger partial charge in [-0.2, -0.15) is 0 Å². The molecule has 1 aromatic rings. The maximum absolute atomic E-state index is 10.6. The first-order valence-corrected chi connectivity index (χ1v) is 7.72. The van der Waals surface area contributed by atoms with Crippen LogP contribution >= 0.6 is 0 Å². The molecule has 2 heterocycles. The van der Waals surface area contributed by atoms with Crippen LogP contribution in [-0.4, -0.2) is 39.1 Å². The van der Waals surface area contributed by atoms with Crippen molar-refractivity contribution in [1.82, 2.24) is 4.98 Å². The molecular formula is C15H27N3O4. The van der Waals surface area contributed by atoms with Crippen molar-refractivity contribution in [3.8, 4) is 0 Å². The molecule has 22 heavy (non-hydrogen) atoms. The minimum atomic E-state index is -1.15. The molecule has 0 amide bonds. The van der Waals surface area contributed by atoms with Gasteiger partial charge in [0.25, 0.3) is 0 Å². The molecule has 0 saturated carbocycles. The standard InChI is InChI=1S/C11H15N3O4.2C2H6/c12-9-2-1-6(13-9)3-7(15)4-10-14-8(5-18-10)11(16)17;2*1-2/h5-7,15H,1-4H2,(H2,12,13)(H,16,17);2*1-2H3. The van der Waals surface area contributed by atoms with Crippen LogP contribution < -0.4 is 5.73 Å². The Kier molecular flexibility index (Phi) is 9.86. The predicted molar refractivity (Wildman–Crippen MR) is 85.1 cm³/mol. The van der Waals surface area contributed by atoms with Crippen molar-refractivity contribution < 1.29 is 19.4 Å². The zero-order valence-corrected chi connectivity index (χ0v) is 13.7. The molecule has 1 aliphatic rings. The van der Waals surface area contributed by atoms with Gasteiger partial charge in [0.05, 0.1) is 24.4 Å². The largest absolute Gasteiger partial charge is 0.476 e. The fourth-order valence-corrected chi connectivity index (χ4v) is 1.95. The maximum atomic E-state index is 10.6. The number of carboxylic acids is 1. The Morgan fingerprint density at radius 3 is 2.55 bits per heavy atom. The minimum Gasteiger partial charge on any atom is -0.476 e. The zero-order chi connectivity index (χ0) is 17.1. The molecule has 0 saturated heterocycles. The first-order valence-electron chi connectivity index (χ1n) is 7.72. The molecule has 2 rings (SSSR count). The summed E-state index contributed by atoms with van der Waals surface area (Å²) in [7, 11) is 0. The summed E-state index contributed by atoms with van der Waals surface area (Å²) >= 11 is 0. The molecule has 2 unspecified atom stereocenters. The van der Waals surface area contributed by atoms with Crippen molar-refractivity contribution >= 4 is 11.8 Å². The van der Waals surface area contributed by atoms with E-state index >= 15 is 0 Å². The number of nitrogens with zero attached hydrogens (tertiary/aromatic N) is 2. The van der Waals surface area contributed by atoms with Gasteiger partial charge in [0.1, 0.15) is 6.26 Å². The Hall–Kier alpha value is -1.89. The number of carbonyl (C=O) groups is 1. The topological polar surface area (TPSA) is 122 Å². The van der Waals surface area contributed by atoms with E-state index in [9.17, 15) is 9.90 Å². The molecule has 7 nitrogen and oxygen atoms in total. The summed E-state index contributed by atoms with van der Waals surface area (Å²) in [6.45, 7) is 8.00. The molecule has 1 aliphatic heterocycles. The highest BCUT2D eigenvalue weighted by molar-refractivity contribution is 5.84. The van der Waals surface area contributed by atoms with Crippen LogP contribution in [0.3, 0.4) is 0 Å². The van der Waals surface area contributed by atoms with Crippen molar-refractivity contribution in [2.75, 3.05) is 0 Å². The van der Waals surface area contributed by atoms with Crippen molar-refractivity contribution in [3.05, 3.63) is 17.8 Å². The van der Waals surface area contributed by atoms with E-state index in [0.717, 1.165) is 19.1 Å². The molecule has 2 atom stereocenters. The predicted octanol–water partition coefficient (Wildman–Crippen LogP) is 2.24. The van der Waals surface area contributed by atoms with Crippen molar-refractivity contribution in [2.45, 2.75) is 65.5 Å². The number of oxazole rings is 1. The summed E-state index contributed by atoms with van der Waals surface area (Å²) in [5.41, 5.74) is 5.41. The number of rotatable bonds is 5. The number of hydrogen-bond donors (Lipinski definition) is 3. The highest BCUT2D eigenvalue weighted by atomic mass is 16.4. The molecule has 7 heteroatoms. The minimum absolute atomic E-state index is 0.0360. The summed E-state index contributed by atoms with van der Waals surface area (Å²) in [5, 5.41) is 18.5. The van der Waals surface area contributed by atoms with Crippen LogP contribution in [0.5, 0.6) is 0 Å². The van der Waals surface area contributed by atoms with Gasteiger partial charge in [-0.1, -0.05) is 27.7 Å². The van der Waals surface area contributed by atoms with Gasteiger partial charge in [-0.3, -0.25) is 4.99 Å². The van der Waals surface area contributed by atoms with Gasteiger partial charge in [0, 0.05) is 6.42 Å². The molecule has 0 aromatic carbocycles. The average Bonchev–Trinajstić information content (AvgIpc) is 3.12. The van der Waals surface area contributed by atoms with E-state index in [1.807, 2.05) is 27.7 Å². The number of aromatic carboxylic acids is 1. The van der Waals surface area contributed by atoms with Gasteiger partial charge >= 0.3 is 5.97 Å². The number of aliphatic hydroxyl groups is 1. The lowest BCUT2D eigenvalue weighted by Gasteiger charge is -2.11. The number of amidine groups is 1. The summed E-state index contributed by atoms with van der Waals surface area (Å²) in [4.78, 5) is 18.5. The van der Waals surface area contributed by atoms with Crippen molar-refractivity contribution in [1.29, 1.82) is 0 Å². The van der Waals surface area contributed by atoms with E-state index in [0.29, 0.717) is 12.3 Å². The normalized spacial score (nSPS) is 17.5. The van der Waals surface area contributed by atoms with Crippen LogP contribution in [0.2, 0.25) is 0 Å². The van der Waals surface area contributed by atoms with Gasteiger partial charge < -0.3 is 20.4 Å². The van der Waals surface area contributed by atoms with Gasteiger partial charge in [-0.05, 0) is 12.8 Å². The lowest BCUT2D eigenvalue weighted by molar-refractivity contribution is 0.0690. The third-order valence-electron chi connectivity index (χ3n) is 2.81. The SMILES string of the molecule is CC.CC.NC1=NC(CC(O)Cc2nc(C(=O)O)co2)CC1. The fraction of sp³-hybridized carbons (Fsp3) is 0.667. The van der Waals surface area contributed by atoms with Gasteiger partial charge in [0.15, 0.2) is 11.6 Å². The van der Waals surface area contributed by atoms with E-state index in [-0.39, 0.29) is 24.0 Å². The Morgan fingerprint density at radius 2 is 2.09 bits per heavy atom. The molecule has 126 valence electrons. The average molecular weight is 313 g/mol. The highest BCUT2D eigenvalue weighted by Crippen LogP contribution is 2.18. The van der Waals surface area contributed by atoms with E-state index in [1.54, 1.807) is 0 Å². The number of aliphatic imine (C=N–C) groups is 1. The van der Waals surface area contributed by atoms with Gasteiger partial charge in [-0.25, -0.2) is 9.78 Å². The van der Waals surface area contributed by atoms with Gasteiger partial charge in [-0.15, -0.1) is 0 Å². The van der Waals surface area contributed by atoms with Crippen LogP contribution in [0.4, 0.5) is 0 Å². The number of nitrogens with two attached hydrogens (primary N) is 1. The smallest absolute Gasteiger partial charge is 0.357 e. The molecule has 0 aliphatic carbocycles. The summed E-state index contributed by atoms with van der Waals surface area (Å²) in [6.07, 6.45) is 2.67. The third-order valence-corrected chi connectivity index (χ3v) is 2.81. The lowest BCUT2D eigenvalue weighted by Crippen LogP contribution is -2.17. The third kappa shape index (κ3) is 6.71. The van der Waals surface area contributed by atoms with E-state index in [1.165, 1.54) is 0 Å². The van der Waals surface area contributed by atoms with Crippen LogP contribution in [0.15, 0.2) is 15.7 Å². The highest BCUT2D eigenvalue weighted by Gasteiger charge is 2.21. The second-order valence-corrected chi connectivity index (χ2v) is 4.34. The molecule has 1 aromatic heterocycles. The zero-order valence-electron chi connectivity index (χ0n) is 13.7. The quantitative estimate of drug-likeness (QED) is 0.766. The first kappa shape index (κ1) is 20.1.